The van der Waals surface area contributed by atoms with Crippen LogP contribution in [0.2, 0.25) is 5.02 Å². The molecule has 0 radical (unpaired) electrons. The van der Waals surface area contributed by atoms with Gasteiger partial charge in [-0.15, -0.1) is 0 Å². The van der Waals surface area contributed by atoms with E-state index in [-0.39, 0.29) is 5.54 Å². The van der Waals surface area contributed by atoms with Crippen LogP contribution >= 0.6 is 11.6 Å². The van der Waals surface area contributed by atoms with Crippen LogP contribution in [-0.2, 0) is 0 Å². The molecule has 0 fully saturated rings. The summed E-state index contributed by atoms with van der Waals surface area (Å²) < 4.78 is 0. The third kappa shape index (κ3) is 2.32. The molecule has 1 aromatic heterocycles. The van der Waals surface area contributed by atoms with Gasteiger partial charge in [0.25, 0.3) is 0 Å². The van der Waals surface area contributed by atoms with Crippen LogP contribution in [-0.4, -0.2) is 10.5 Å². The van der Waals surface area contributed by atoms with Gasteiger partial charge in [0.05, 0.1) is 10.5 Å². The third-order valence-corrected chi connectivity index (χ3v) is 5.55. The highest BCUT2D eigenvalue weighted by atomic mass is 35.5. The first-order valence-corrected chi connectivity index (χ1v) is 8.93. The first kappa shape index (κ1) is 15.6. The first-order chi connectivity index (χ1) is 11.4. The lowest BCUT2D eigenvalue weighted by Gasteiger charge is -2.39. The Bertz CT molecular complexity index is 936. The molecule has 124 valence electrons. The number of halogens is 1. The molecule has 1 unspecified atom stereocenters. The minimum absolute atomic E-state index is 0.0987. The molecule has 3 heteroatoms. The van der Waals surface area contributed by atoms with Gasteiger partial charge in [0.2, 0.25) is 0 Å². The van der Waals surface area contributed by atoms with Gasteiger partial charge in [0.15, 0.2) is 0 Å². The Morgan fingerprint density at radius 1 is 1.17 bits per heavy atom. The van der Waals surface area contributed by atoms with Gasteiger partial charge in [-0.05, 0) is 61.8 Å². The molecule has 1 aliphatic rings. The van der Waals surface area contributed by atoms with Crippen LogP contribution in [0.5, 0.6) is 0 Å². The van der Waals surface area contributed by atoms with Crippen molar-refractivity contribution in [3.05, 3.63) is 52.7 Å². The summed E-state index contributed by atoms with van der Waals surface area (Å²) >= 11 is 6.93. The number of H-pyrrole nitrogens is 1. The fourth-order valence-electron chi connectivity index (χ4n) is 4.21. The molecule has 2 nitrogen and oxygen atoms in total. The lowest BCUT2D eigenvalue weighted by atomic mass is 9.79. The van der Waals surface area contributed by atoms with E-state index in [9.17, 15) is 0 Å². The summed E-state index contributed by atoms with van der Waals surface area (Å²) in [6.45, 7) is 8.97. The summed E-state index contributed by atoms with van der Waals surface area (Å²) in [5, 5.41) is 5.79. The monoisotopic (exact) mass is 338 g/mol. The van der Waals surface area contributed by atoms with Crippen molar-refractivity contribution in [2.45, 2.75) is 45.6 Å². The van der Waals surface area contributed by atoms with Crippen molar-refractivity contribution in [2.24, 2.45) is 0 Å². The maximum atomic E-state index is 6.93. The number of hydrogen-bond donors (Lipinski definition) is 2. The fourth-order valence-corrected chi connectivity index (χ4v) is 4.65. The second-order valence-electron chi connectivity index (χ2n) is 7.71. The van der Waals surface area contributed by atoms with E-state index in [0.29, 0.717) is 5.92 Å². The van der Waals surface area contributed by atoms with E-state index in [4.69, 9.17) is 11.6 Å². The van der Waals surface area contributed by atoms with Crippen molar-refractivity contribution >= 4 is 28.2 Å². The Labute approximate surface area is 148 Å². The molecule has 0 bridgehead atoms. The molecule has 24 heavy (non-hydrogen) atoms. The number of nitrogens with one attached hydrogen (secondary N) is 2. The predicted octanol–water partition coefficient (Wildman–Crippen LogP) is 6.49. The number of rotatable bonds is 1. The van der Waals surface area contributed by atoms with Gasteiger partial charge in [-0.2, -0.15) is 0 Å². The second kappa shape index (κ2) is 5.29. The summed E-state index contributed by atoms with van der Waals surface area (Å²) in [6, 6.07) is 10.7. The minimum atomic E-state index is 0.0987. The van der Waals surface area contributed by atoms with E-state index in [1.807, 2.05) is 6.20 Å². The number of anilines is 1. The van der Waals surface area contributed by atoms with Crippen molar-refractivity contribution in [1.82, 2.24) is 4.98 Å². The van der Waals surface area contributed by atoms with E-state index in [1.54, 1.807) is 0 Å². The van der Waals surface area contributed by atoms with E-state index in [0.717, 1.165) is 22.5 Å². The van der Waals surface area contributed by atoms with Crippen LogP contribution in [0.15, 0.2) is 36.5 Å². The average molecular weight is 339 g/mol. The van der Waals surface area contributed by atoms with Gasteiger partial charge in [0.1, 0.15) is 0 Å². The van der Waals surface area contributed by atoms with Crippen LogP contribution in [0.3, 0.4) is 0 Å². The summed E-state index contributed by atoms with van der Waals surface area (Å²) in [6.07, 6.45) is 3.06. The number of para-hydroxylation sites is 1. The molecule has 0 amide bonds. The van der Waals surface area contributed by atoms with E-state index >= 15 is 0 Å². The number of aryl methyl sites for hydroxylation is 1. The summed E-state index contributed by atoms with van der Waals surface area (Å²) in [7, 11) is 0. The van der Waals surface area contributed by atoms with Gasteiger partial charge in [-0.25, -0.2) is 0 Å². The van der Waals surface area contributed by atoms with Crippen molar-refractivity contribution < 1.29 is 0 Å². The molecular weight excluding hydrogens is 316 g/mol. The van der Waals surface area contributed by atoms with Gasteiger partial charge in [-0.1, -0.05) is 36.7 Å². The number of benzene rings is 2. The van der Waals surface area contributed by atoms with Crippen molar-refractivity contribution in [1.29, 1.82) is 0 Å². The quantitative estimate of drug-likeness (QED) is 0.521. The smallest absolute Gasteiger partial charge is 0.0540 e. The van der Waals surface area contributed by atoms with Crippen molar-refractivity contribution in [3.63, 3.8) is 0 Å². The number of aromatic amines is 1. The average Bonchev–Trinajstić information content (AvgIpc) is 2.98. The molecule has 2 heterocycles. The Morgan fingerprint density at radius 2 is 1.96 bits per heavy atom. The zero-order valence-corrected chi connectivity index (χ0v) is 15.4. The Morgan fingerprint density at radius 3 is 2.75 bits per heavy atom. The molecular formula is C21H23ClN2. The topological polar surface area (TPSA) is 27.8 Å². The lowest BCUT2D eigenvalue weighted by molar-refractivity contribution is 0.454. The molecule has 3 aromatic rings. The van der Waals surface area contributed by atoms with Crippen LogP contribution in [0.25, 0.3) is 22.0 Å². The minimum Gasteiger partial charge on any atom is -0.380 e. The standard InChI is InChI=1S/C21H23ClN2/c1-12-10-16(15-7-5-6-14-8-9-23-20(14)15)18(22)17-13(2)11-21(3,4)24-19(12)17/h5-10,13,23-24H,11H2,1-4H3. The molecule has 0 saturated carbocycles. The highest BCUT2D eigenvalue weighted by molar-refractivity contribution is 6.35. The number of fused-ring (bicyclic) bond motifs is 2. The summed E-state index contributed by atoms with van der Waals surface area (Å²) in [4.78, 5) is 3.36. The first-order valence-electron chi connectivity index (χ1n) is 8.55. The largest absolute Gasteiger partial charge is 0.380 e. The highest BCUT2D eigenvalue weighted by Crippen LogP contribution is 2.48. The molecule has 0 saturated heterocycles. The number of hydrogen-bond acceptors (Lipinski definition) is 1. The van der Waals surface area contributed by atoms with E-state index < -0.39 is 0 Å². The number of aromatic nitrogens is 1. The Balaban J connectivity index is 1.98. The van der Waals surface area contributed by atoms with Gasteiger partial charge in [-0.3, -0.25) is 0 Å². The molecule has 4 rings (SSSR count). The van der Waals surface area contributed by atoms with Crippen molar-refractivity contribution in [3.8, 4) is 11.1 Å². The van der Waals surface area contributed by atoms with Crippen LogP contribution in [0, 0.1) is 6.92 Å². The molecule has 2 aromatic carbocycles. The Kier molecular flexibility index (Phi) is 3.43. The van der Waals surface area contributed by atoms with Crippen LogP contribution < -0.4 is 5.32 Å². The van der Waals surface area contributed by atoms with Crippen molar-refractivity contribution in [2.75, 3.05) is 5.32 Å². The van der Waals surface area contributed by atoms with Gasteiger partial charge in [0, 0.05) is 28.6 Å². The SMILES string of the molecule is Cc1cc(-c2cccc3cc[nH]c23)c(Cl)c2c1NC(C)(C)CC2C. The maximum Gasteiger partial charge on any atom is 0.0540 e. The molecule has 1 aliphatic heterocycles. The van der Waals surface area contributed by atoms with E-state index in [1.165, 1.54) is 27.8 Å². The molecule has 0 spiro atoms. The predicted molar refractivity (Wildman–Crippen MR) is 104 cm³/mol. The van der Waals surface area contributed by atoms with Crippen LogP contribution in [0.4, 0.5) is 5.69 Å². The third-order valence-electron chi connectivity index (χ3n) is 5.15. The fraction of sp³-hybridized carbons (Fsp3) is 0.333. The van der Waals surface area contributed by atoms with E-state index in [2.05, 4.69) is 68.3 Å². The Hall–Kier alpha value is -1.93. The normalized spacial score (nSPS) is 19.1. The zero-order chi connectivity index (χ0) is 17.1. The van der Waals surface area contributed by atoms with Gasteiger partial charge >= 0.3 is 0 Å². The van der Waals surface area contributed by atoms with Crippen LogP contribution in [0.1, 0.15) is 44.2 Å². The summed E-state index contributed by atoms with van der Waals surface area (Å²) in [5.41, 5.74) is 7.27. The molecule has 0 aliphatic carbocycles. The lowest BCUT2D eigenvalue weighted by Crippen LogP contribution is -2.37. The maximum absolute atomic E-state index is 6.93. The highest BCUT2D eigenvalue weighted by Gasteiger charge is 2.33. The molecule has 2 N–H and O–H groups in total. The van der Waals surface area contributed by atoms with Gasteiger partial charge < -0.3 is 10.3 Å². The zero-order valence-electron chi connectivity index (χ0n) is 14.6. The summed E-state index contributed by atoms with van der Waals surface area (Å²) in [5.74, 6) is 0.435. The molecule has 1 atom stereocenters. The second-order valence-corrected chi connectivity index (χ2v) is 8.08.